The molecule has 8 nitrogen and oxygen atoms in total. The first-order valence-corrected chi connectivity index (χ1v) is 13.1. The zero-order chi connectivity index (χ0) is 27.1. The quantitative estimate of drug-likeness (QED) is 0.393. The Morgan fingerprint density at radius 2 is 1.69 bits per heavy atom. The third-order valence-electron chi connectivity index (χ3n) is 7.90. The molecular formula is C31H31N3O5. The van der Waals surface area contributed by atoms with Gasteiger partial charge in [-0.2, -0.15) is 0 Å². The number of rotatable bonds is 7. The van der Waals surface area contributed by atoms with Crippen LogP contribution in [0.15, 0.2) is 66.7 Å². The second-order valence-electron chi connectivity index (χ2n) is 9.93. The standard InChI is InChI=1S/C31H31N3O5/c1-37-20-13-11-19(12-14-20)15-16-33-18-27(35)34-25(31(33)36)17-23-21-7-4-5-9-24(21)32-28(23)29(34)22-8-6-10-26(38-2)30(22)39-3/h4-14,25,29,32H,15-18H2,1-3H3/t25-,29?/m0/s1. The van der Waals surface area contributed by atoms with Crippen molar-refractivity contribution in [2.45, 2.75) is 24.9 Å². The van der Waals surface area contributed by atoms with Crippen LogP contribution in [0.3, 0.4) is 0 Å². The van der Waals surface area contributed by atoms with E-state index in [1.54, 1.807) is 31.1 Å². The molecule has 2 aliphatic rings. The third kappa shape index (κ3) is 4.16. The Labute approximate surface area is 227 Å². The number of ether oxygens (including phenoxy) is 3. The minimum absolute atomic E-state index is 0.0316. The van der Waals surface area contributed by atoms with Gasteiger partial charge in [-0.15, -0.1) is 0 Å². The van der Waals surface area contributed by atoms with E-state index in [1.807, 2.05) is 60.7 Å². The summed E-state index contributed by atoms with van der Waals surface area (Å²) in [5, 5.41) is 1.06. The largest absolute Gasteiger partial charge is 0.497 e. The van der Waals surface area contributed by atoms with Gasteiger partial charge < -0.3 is 29.0 Å². The summed E-state index contributed by atoms with van der Waals surface area (Å²) in [6, 6.07) is 20.4. The molecule has 0 saturated carbocycles. The van der Waals surface area contributed by atoms with Crippen molar-refractivity contribution in [2.24, 2.45) is 0 Å². The third-order valence-corrected chi connectivity index (χ3v) is 7.90. The maximum atomic E-state index is 14.0. The summed E-state index contributed by atoms with van der Waals surface area (Å²) >= 11 is 0. The van der Waals surface area contributed by atoms with Gasteiger partial charge in [-0.1, -0.05) is 42.5 Å². The van der Waals surface area contributed by atoms with E-state index in [0.29, 0.717) is 30.9 Å². The molecule has 3 aromatic carbocycles. The smallest absolute Gasteiger partial charge is 0.246 e. The number of aromatic nitrogens is 1. The Morgan fingerprint density at radius 3 is 2.44 bits per heavy atom. The molecule has 1 unspecified atom stereocenters. The van der Waals surface area contributed by atoms with E-state index < -0.39 is 12.1 Å². The van der Waals surface area contributed by atoms with Crippen LogP contribution in [-0.2, 0) is 22.4 Å². The van der Waals surface area contributed by atoms with Crippen molar-refractivity contribution in [2.75, 3.05) is 34.4 Å². The lowest BCUT2D eigenvalue weighted by Gasteiger charge is -2.47. The number of piperazine rings is 1. The molecule has 3 heterocycles. The monoisotopic (exact) mass is 525 g/mol. The van der Waals surface area contributed by atoms with Gasteiger partial charge in [-0.05, 0) is 41.8 Å². The van der Waals surface area contributed by atoms with Crippen molar-refractivity contribution in [3.8, 4) is 17.2 Å². The number of nitrogens with one attached hydrogen (secondary N) is 1. The number of hydrogen-bond donors (Lipinski definition) is 1. The van der Waals surface area contributed by atoms with Crippen LogP contribution in [0.5, 0.6) is 17.2 Å². The fourth-order valence-corrected chi connectivity index (χ4v) is 6.02. The van der Waals surface area contributed by atoms with Crippen LogP contribution in [0, 0.1) is 0 Å². The van der Waals surface area contributed by atoms with Crippen LogP contribution in [0.1, 0.15) is 28.4 Å². The maximum Gasteiger partial charge on any atom is 0.246 e. The minimum Gasteiger partial charge on any atom is -0.497 e. The fraction of sp³-hybridized carbons (Fsp3) is 0.290. The number of fused-ring (bicyclic) bond motifs is 4. The predicted octanol–water partition coefficient (Wildman–Crippen LogP) is 4.12. The summed E-state index contributed by atoms with van der Waals surface area (Å²) in [6.45, 7) is 0.499. The second-order valence-corrected chi connectivity index (χ2v) is 9.93. The van der Waals surface area contributed by atoms with Gasteiger partial charge in [0.1, 0.15) is 17.8 Å². The van der Waals surface area contributed by atoms with Gasteiger partial charge in [0.2, 0.25) is 11.8 Å². The van der Waals surface area contributed by atoms with E-state index in [0.717, 1.165) is 39.0 Å². The van der Waals surface area contributed by atoms with E-state index in [-0.39, 0.29) is 18.4 Å². The summed E-state index contributed by atoms with van der Waals surface area (Å²) in [5.41, 5.74) is 4.81. The van der Waals surface area contributed by atoms with Crippen LogP contribution in [0.25, 0.3) is 10.9 Å². The molecule has 2 aliphatic heterocycles. The minimum atomic E-state index is -0.616. The summed E-state index contributed by atoms with van der Waals surface area (Å²) in [4.78, 5) is 34.9. The first kappa shape index (κ1) is 24.9. The lowest BCUT2D eigenvalue weighted by Crippen LogP contribution is -2.63. The molecule has 1 aromatic heterocycles. The summed E-state index contributed by atoms with van der Waals surface area (Å²) in [6.07, 6.45) is 1.10. The van der Waals surface area contributed by atoms with E-state index in [1.165, 1.54) is 0 Å². The van der Waals surface area contributed by atoms with Crippen LogP contribution < -0.4 is 14.2 Å². The molecule has 8 heteroatoms. The van der Waals surface area contributed by atoms with Gasteiger partial charge >= 0.3 is 0 Å². The van der Waals surface area contributed by atoms with E-state index in [9.17, 15) is 9.59 Å². The van der Waals surface area contributed by atoms with Crippen molar-refractivity contribution in [3.05, 3.63) is 89.1 Å². The van der Waals surface area contributed by atoms with Gasteiger partial charge in [-0.3, -0.25) is 9.59 Å². The zero-order valence-corrected chi connectivity index (χ0v) is 22.3. The number of amides is 2. The van der Waals surface area contributed by atoms with Gasteiger partial charge in [0.15, 0.2) is 11.5 Å². The van der Waals surface area contributed by atoms with Gasteiger partial charge in [0.25, 0.3) is 0 Å². The number of hydrogen-bond acceptors (Lipinski definition) is 5. The van der Waals surface area contributed by atoms with Crippen LogP contribution in [-0.4, -0.2) is 67.1 Å². The van der Waals surface area contributed by atoms with E-state index in [2.05, 4.69) is 11.1 Å². The number of carbonyl (C=O) groups excluding carboxylic acids is 2. The molecule has 0 aliphatic carbocycles. The van der Waals surface area contributed by atoms with Gasteiger partial charge in [0, 0.05) is 35.1 Å². The van der Waals surface area contributed by atoms with E-state index in [4.69, 9.17) is 14.2 Å². The predicted molar refractivity (Wildman–Crippen MR) is 147 cm³/mol. The van der Waals surface area contributed by atoms with Crippen molar-refractivity contribution in [3.63, 3.8) is 0 Å². The average molecular weight is 526 g/mol. The number of H-pyrrole nitrogens is 1. The van der Waals surface area contributed by atoms with Crippen molar-refractivity contribution in [1.82, 2.24) is 14.8 Å². The number of methoxy groups -OCH3 is 3. The number of benzene rings is 3. The van der Waals surface area contributed by atoms with Crippen molar-refractivity contribution in [1.29, 1.82) is 0 Å². The summed E-state index contributed by atoms with van der Waals surface area (Å²) in [5.74, 6) is 1.79. The molecule has 6 rings (SSSR count). The molecule has 4 aromatic rings. The van der Waals surface area contributed by atoms with Crippen LogP contribution in [0.4, 0.5) is 0 Å². The lowest BCUT2D eigenvalue weighted by molar-refractivity contribution is -0.158. The molecule has 1 fully saturated rings. The molecule has 200 valence electrons. The Kier molecular flexibility index (Phi) is 6.38. The molecule has 2 atom stereocenters. The molecule has 39 heavy (non-hydrogen) atoms. The van der Waals surface area contributed by atoms with E-state index >= 15 is 0 Å². The molecule has 0 spiro atoms. The number of nitrogens with zero attached hydrogens (tertiary/aromatic N) is 2. The normalized spacial score (nSPS) is 18.6. The highest BCUT2D eigenvalue weighted by molar-refractivity contribution is 5.97. The van der Waals surface area contributed by atoms with Crippen molar-refractivity contribution >= 4 is 22.7 Å². The average Bonchev–Trinajstić information content (AvgIpc) is 3.35. The molecular weight excluding hydrogens is 494 g/mol. The molecule has 0 radical (unpaired) electrons. The highest BCUT2D eigenvalue weighted by atomic mass is 16.5. The van der Waals surface area contributed by atoms with Crippen molar-refractivity contribution < 1.29 is 23.8 Å². The maximum absolute atomic E-state index is 14.0. The summed E-state index contributed by atoms with van der Waals surface area (Å²) < 4.78 is 16.6. The Hall–Kier alpha value is -4.46. The number of aromatic amines is 1. The highest BCUT2D eigenvalue weighted by Gasteiger charge is 2.48. The topological polar surface area (TPSA) is 84.1 Å². The SMILES string of the molecule is COc1ccc(CCN2CC(=O)N3C(c4cccc(OC)c4OC)c4[nH]c5ccccc5c4C[C@H]3C2=O)cc1. The second kappa shape index (κ2) is 10.0. The highest BCUT2D eigenvalue weighted by Crippen LogP contribution is 2.47. The number of para-hydroxylation sites is 2. The first-order valence-electron chi connectivity index (χ1n) is 13.1. The number of carbonyl (C=O) groups is 2. The van der Waals surface area contributed by atoms with Crippen LogP contribution >= 0.6 is 0 Å². The summed E-state index contributed by atoms with van der Waals surface area (Å²) in [7, 11) is 4.82. The molecule has 1 saturated heterocycles. The van der Waals surface area contributed by atoms with Gasteiger partial charge in [0.05, 0.1) is 27.9 Å². The molecule has 1 N–H and O–H groups in total. The van der Waals surface area contributed by atoms with Crippen LogP contribution in [0.2, 0.25) is 0 Å². The Morgan fingerprint density at radius 1 is 0.897 bits per heavy atom. The fourth-order valence-electron chi connectivity index (χ4n) is 6.02. The Bertz CT molecular complexity index is 1540. The zero-order valence-electron chi connectivity index (χ0n) is 22.3. The Balaban J connectivity index is 1.40. The first-order chi connectivity index (χ1) is 19.0. The molecule has 2 amide bonds. The lowest BCUT2D eigenvalue weighted by atomic mass is 9.85. The van der Waals surface area contributed by atoms with Gasteiger partial charge in [-0.25, -0.2) is 0 Å². The molecule has 0 bridgehead atoms.